The van der Waals surface area contributed by atoms with Gasteiger partial charge in [-0.25, -0.2) is 4.98 Å². The second-order valence-corrected chi connectivity index (χ2v) is 10.4. The highest BCUT2D eigenvalue weighted by Gasteiger charge is 2.39. The van der Waals surface area contributed by atoms with Crippen molar-refractivity contribution in [2.75, 3.05) is 38.6 Å². The molecule has 1 aromatic carbocycles. The summed E-state index contributed by atoms with van der Waals surface area (Å²) in [5.74, 6) is -0.282. The minimum absolute atomic E-state index is 0.0726. The lowest BCUT2D eigenvalue weighted by molar-refractivity contribution is -0.137. The van der Waals surface area contributed by atoms with E-state index in [0.29, 0.717) is 25.4 Å². The molecule has 1 aromatic heterocycles. The predicted octanol–water partition coefficient (Wildman–Crippen LogP) is 2.92. The maximum absolute atomic E-state index is 12.9. The SMILES string of the molecule is CN(C)c1ccc(C2(O)CCC(N3CCC(NC(=O)CNC(=O)c4cccc(C(F)(F)F)c4)C3)CC2)cn1. The molecule has 206 valence electrons. The van der Waals surface area contributed by atoms with Crippen LogP contribution in [0.1, 0.15) is 53.6 Å². The number of hydrogen-bond acceptors (Lipinski definition) is 6. The number of alkyl halides is 3. The van der Waals surface area contributed by atoms with Crippen molar-refractivity contribution in [3.8, 4) is 0 Å². The van der Waals surface area contributed by atoms with Gasteiger partial charge in [-0.15, -0.1) is 0 Å². The van der Waals surface area contributed by atoms with Crippen molar-refractivity contribution in [3.05, 3.63) is 59.3 Å². The molecule has 0 spiro atoms. The standard InChI is InChI=1S/C27H34F3N5O3/c1-34(2)23-7-6-20(15-31-23)26(38)11-8-22(9-12-26)35-13-10-21(17-35)33-24(36)16-32-25(37)18-4-3-5-19(14-18)27(28,29)30/h3-7,14-15,21-22,38H,8-13,16-17H2,1-2H3,(H,32,37)(H,33,36). The highest BCUT2D eigenvalue weighted by molar-refractivity contribution is 5.96. The molecule has 2 fully saturated rings. The summed E-state index contributed by atoms with van der Waals surface area (Å²) in [5.41, 5.74) is -1.12. The van der Waals surface area contributed by atoms with Crippen molar-refractivity contribution in [3.63, 3.8) is 0 Å². The van der Waals surface area contributed by atoms with Crippen molar-refractivity contribution >= 4 is 17.6 Å². The molecule has 3 N–H and O–H groups in total. The lowest BCUT2D eigenvalue weighted by Gasteiger charge is -2.39. The van der Waals surface area contributed by atoms with Gasteiger partial charge in [0, 0.05) is 56.6 Å². The zero-order valence-electron chi connectivity index (χ0n) is 21.6. The molecule has 1 unspecified atom stereocenters. The predicted molar refractivity (Wildman–Crippen MR) is 137 cm³/mol. The van der Waals surface area contributed by atoms with Crippen LogP contribution in [0.25, 0.3) is 0 Å². The summed E-state index contributed by atoms with van der Waals surface area (Å²) in [4.78, 5) is 33.3. The van der Waals surface area contributed by atoms with Gasteiger partial charge >= 0.3 is 6.18 Å². The molecule has 4 rings (SSSR count). The summed E-state index contributed by atoms with van der Waals surface area (Å²) in [5, 5.41) is 16.5. The van der Waals surface area contributed by atoms with Gasteiger partial charge in [-0.2, -0.15) is 13.2 Å². The molecule has 38 heavy (non-hydrogen) atoms. The molecule has 1 aliphatic heterocycles. The summed E-state index contributed by atoms with van der Waals surface area (Å²) in [6, 6.07) is 8.19. The number of carbonyl (C=O) groups excluding carboxylic acids is 2. The third-order valence-electron chi connectivity index (χ3n) is 7.49. The summed E-state index contributed by atoms with van der Waals surface area (Å²) >= 11 is 0. The molecule has 0 radical (unpaired) electrons. The monoisotopic (exact) mass is 533 g/mol. The van der Waals surface area contributed by atoms with Crippen LogP contribution in [-0.2, 0) is 16.6 Å². The number of halogens is 3. The molecule has 1 saturated carbocycles. The fourth-order valence-corrected chi connectivity index (χ4v) is 5.27. The topological polar surface area (TPSA) is 97.8 Å². The van der Waals surface area contributed by atoms with Crippen LogP contribution in [0.4, 0.5) is 19.0 Å². The number of pyridine rings is 1. The molecule has 11 heteroatoms. The number of aromatic nitrogens is 1. The second kappa shape index (κ2) is 11.3. The van der Waals surface area contributed by atoms with Gasteiger partial charge in [0.1, 0.15) is 5.82 Å². The smallest absolute Gasteiger partial charge is 0.385 e. The van der Waals surface area contributed by atoms with E-state index < -0.39 is 23.2 Å². The molecule has 1 aliphatic carbocycles. The third-order valence-corrected chi connectivity index (χ3v) is 7.49. The molecule has 2 heterocycles. The Morgan fingerprint density at radius 1 is 1.16 bits per heavy atom. The average molecular weight is 534 g/mol. The number of likely N-dealkylation sites (tertiary alicyclic amines) is 1. The van der Waals surface area contributed by atoms with Crippen LogP contribution < -0.4 is 15.5 Å². The number of amides is 2. The molecule has 8 nitrogen and oxygen atoms in total. The molecule has 1 atom stereocenters. The van der Waals surface area contributed by atoms with E-state index in [0.717, 1.165) is 55.4 Å². The van der Waals surface area contributed by atoms with Gasteiger partial charge in [-0.05, 0) is 56.4 Å². The Kier molecular flexibility index (Phi) is 8.27. The van der Waals surface area contributed by atoms with Crippen molar-refractivity contribution in [1.29, 1.82) is 0 Å². The number of carbonyl (C=O) groups is 2. The maximum atomic E-state index is 12.9. The fourth-order valence-electron chi connectivity index (χ4n) is 5.27. The van der Waals surface area contributed by atoms with E-state index in [1.165, 1.54) is 6.07 Å². The van der Waals surface area contributed by atoms with E-state index in [9.17, 15) is 27.9 Å². The first-order valence-corrected chi connectivity index (χ1v) is 12.8. The highest BCUT2D eigenvalue weighted by Crippen LogP contribution is 2.39. The summed E-state index contributed by atoms with van der Waals surface area (Å²) < 4.78 is 38.6. The van der Waals surface area contributed by atoms with Crippen molar-refractivity contribution in [2.45, 2.75) is 56.0 Å². The van der Waals surface area contributed by atoms with Crippen molar-refractivity contribution in [2.24, 2.45) is 0 Å². The lowest BCUT2D eigenvalue weighted by Crippen LogP contribution is -2.45. The number of anilines is 1. The number of hydrogen-bond donors (Lipinski definition) is 3. The van der Waals surface area contributed by atoms with Crippen LogP contribution in [0.3, 0.4) is 0 Å². The summed E-state index contributed by atoms with van der Waals surface area (Å²) in [6.45, 7) is 1.18. The summed E-state index contributed by atoms with van der Waals surface area (Å²) in [6.07, 6.45) is 0.908. The Morgan fingerprint density at radius 3 is 2.53 bits per heavy atom. The Labute approximate surface area is 220 Å². The average Bonchev–Trinajstić information content (AvgIpc) is 3.35. The largest absolute Gasteiger partial charge is 0.416 e. The van der Waals surface area contributed by atoms with Crippen LogP contribution in [-0.4, -0.2) is 72.6 Å². The number of rotatable bonds is 7. The number of aliphatic hydroxyl groups is 1. The van der Waals surface area contributed by atoms with Crippen molar-refractivity contribution < 1.29 is 27.9 Å². The zero-order valence-corrected chi connectivity index (χ0v) is 21.6. The second-order valence-electron chi connectivity index (χ2n) is 10.4. The number of nitrogens with one attached hydrogen (secondary N) is 2. The lowest BCUT2D eigenvalue weighted by atomic mass is 9.78. The van der Waals surface area contributed by atoms with E-state index in [-0.39, 0.29) is 24.1 Å². The Balaban J connectivity index is 1.21. The Bertz CT molecular complexity index is 1130. The van der Waals surface area contributed by atoms with E-state index in [1.54, 1.807) is 6.20 Å². The number of benzene rings is 1. The zero-order chi connectivity index (χ0) is 27.5. The van der Waals surface area contributed by atoms with E-state index >= 15 is 0 Å². The molecule has 1 saturated heterocycles. The fraction of sp³-hybridized carbons (Fsp3) is 0.519. The van der Waals surface area contributed by atoms with Gasteiger partial charge in [0.05, 0.1) is 17.7 Å². The van der Waals surface area contributed by atoms with Gasteiger partial charge in [0.2, 0.25) is 5.91 Å². The van der Waals surface area contributed by atoms with Gasteiger partial charge in [-0.3, -0.25) is 14.5 Å². The highest BCUT2D eigenvalue weighted by atomic mass is 19.4. The minimum atomic E-state index is -4.55. The van der Waals surface area contributed by atoms with Crippen LogP contribution in [0, 0.1) is 0 Å². The first-order chi connectivity index (χ1) is 17.9. The first-order valence-electron chi connectivity index (χ1n) is 12.8. The molecular formula is C27H34F3N5O3. The Morgan fingerprint density at radius 2 is 1.89 bits per heavy atom. The molecule has 0 bridgehead atoms. The van der Waals surface area contributed by atoms with Gasteiger partial charge in [0.25, 0.3) is 5.91 Å². The Hall–Kier alpha value is -3.18. The maximum Gasteiger partial charge on any atom is 0.416 e. The van der Waals surface area contributed by atoms with E-state index in [1.807, 2.05) is 31.1 Å². The summed E-state index contributed by atoms with van der Waals surface area (Å²) in [7, 11) is 3.84. The van der Waals surface area contributed by atoms with Gasteiger partial charge in [0.15, 0.2) is 0 Å². The van der Waals surface area contributed by atoms with Gasteiger partial charge in [-0.1, -0.05) is 12.1 Å². The molecule has 2 aromatic rings. The van der Waals surface area contributed by atoms with Crippen LogP contribution in [0.5, 0.6) is 0 Å². The minimum Gasteiger partial charge on any atom is -0.385 e. The normalized spacial score (nSPS) is 24.2. The van der Waals surface area contributed by atoms with Crippen LogP contribution >= 0.6 is 0 Å². The number of nitrogens with zero attached hydrogens (tertiary/aromatic N) is 3. The van der Waals surface area contributed by atoms with E-state index in [2.05, 4.69) is 20.5 Å². The van der Waals surface area contributed by atoms with Crippen molar-refractivity contribution in [1.82, 2.24) is 20.5 Å². The molecule has 2 aliphatic rings. The quantitative estimate of drug-likeness (QED) is 0.507. The molecule has 2 amide bonds. The third kappa shape index (κ3) is 6.63. The van der Waals surface area contributed by atoms with Crippen LogP contribution in [0.2, 0.25) is 0 Å². The van der Waals surface area contributed by atoms with Crippen LogP contribution in [0.15, 0.2) is 42.6 Å². The van der Waals surface area contributed by atoms with E-state index in [4.69, 9.17) is 0 Å². The molecular weight excluding hydrogens is 499 g/mol. The van der Waals surface area contributed by atoms with Gasteiger partial charge < -0.3 is 20.6 Å². The first kappa shape index (κ1) is 27.8.